The molecule has 0 aromatic carbocycles. The number of aromatic nitrogens is 2. The van der Waals surface area contributed by atoms with Gasteiger partial charge in [-0.3, -0.25) is 9.36 Å². The van der Waals surface area contributed by atoms with Crippen LogP contribution in [0.3, 0.4) is 0 Å². The molecule has 0 bridgehead atoms. The van der Waals surface area contributed by atoms with Crippen LogP contribution in [0.15, 0.2) is 4.79 Å². The van der Waals surface area contributed by atoms with E-state index in [4.69, 9.17) is 9.84 Å². The van der Waals surface area contributed by atoms with E-state index in [0.717, 1.165) is 12.8 Å². The summed E-state index contributed by atoms with van der Waals surface area (Å²) in [5.41, 5.74) is 1.50. The van der Waals surface area contributed by atoms with E-state index in [1.807, 2.05) is 0 Å². The molecule has 1 N–H and O–H groups in total. The molecule has 0 unspecified atom stereocenters. The highest BCUT2D eigenvalue weighted by Gasteiger charge is 2.13. The summed E-state index contributed by atoms with van der Waals surface area (Å²) in [6, 6.07) is 0. The highest BCUT2D eigenvalue weighted by molar-refractivity contribution is 5.70. The average molecular weight is 268 g/mol. The standard InChI is InChI=1S/C13H20N2O4/c1-9-11(8-12(16)17)10(2)15(13(18)14-9)6-4-5-7-19-3/h4-8H2,1-3H3,(H,16,17). The minimum atomic E-state index is -0.919. The zero-order chi connectivity index (χ0) is 14.4. The van der Waals surface area contributed by atoms with Crippen molar-refractivity contribution in [3.63, 3.8) is 0 Å². The van der Waals surface area contributed by atoms with Crippen molar-refractivity contribution in [3.8, 4) is 0 Å². The molecule has 106 valence electrons. The van der Waals surface area contributed by atoms with Crippen LogP contribution < -0.4 is 5.69 Å². The van der Waals surface area contributed by atoms with Gasteiger partial charge in [-0.15, -0.1) is 0 Å². The van der Waals surface area contributed by atoms with Crippen LogP contribution in [0.5, 0.6) is 0 Å². The minimum Gasteiger partial charge on any atom is -0.481 e. The smallest absolute Gasteiger partial charge is 0.347 e. The van der Waals surface area contributed by atoms with Crippen molar-refractivity contribution in [2.24, 2.45) is 0 Å². The predicted octanol–water partition coefficient (Wildman–Crippen LogP) is 0.914. The Kier molecular flexibility index (Phi) is 5.69. The number of hydrogen-bond acceptors (Lipinski definition) is 4. The van der Waals surface area contributed by atoms with Crippen molar-refractivity contribution in [1.82, 2.24) is 9.55 Å². The number of aryl methyl sites for hydroxylation is 1. The van der Waals surface area contributed by atoms with E-state index in [0.29, 0.717) is 30.1 Å². The summed E-state index contributed by atoms with van der Waals surface area (Å²) < 4.78 is 6.50. The first-order valence-electron chi connectivity index (χ1n) is 6.25. The average Bonchev–Trinajstić information content (AvgIpc) is 2.33. The van der Waals surface area contributed by atoms with Gasteiger partial charge in [-0.25, -0.2) is 4.79 Å². The van der Waals surface area contributed by atoms with Crippen LogP contribution in [0.2, 0.25) is 0 Å². The lowest BCUT2D eigenvalue weighted by Crippen LogP contribution is -2.28. The van der Waals surface area contributed by atoms with Gasteiger partial charge in [-0.2, -0.15) is 4.98 Å². The van der Waals surface area contributed by atoms with E-state index < -0.39 is 5.97 Å². The van der Waals surface area contributed by atoms with Gasteiger partial charge in [0.15, 0.2) is 0 Å². The Balaban J connectivity index is 2.97. The molecular weight excluding hydrogens is 248 g/mol. The second-order valence-electron chi connectivity index (χ2n) is 4.47. The fourth-order valence-electron chi connectivity index (χ4n) is 2.03. The summed E-state index contributed by atoms with van der Waals surface area (Å²) in [7, 11) is 1.63. The van der Waals surface area contributed by atoms with Crippen molar-refractivity contribution in [1.29, 1.82) is 0 Å². The maximum absolute atomic E-state index is 11.8. The van der Waals surface area contributed by atoms with Crippen LogP contribution in [0, 0.1) is 13.8 Å². The molecule has 0 radical (unpaired) electrons. The molecule has 1 aromatic heterocycles. The van der Waals surface area contributed by atoms with Crippen LogP contribution in [0.25, 0.3) is 0 Å². The van der Waals surface area contributed by atoms with Gasteiger partial charge < -0.3 is 9.84 Å². The van der Waals surface area contributed by atoms with Gasteiger partial charge in [0.25, 0.3) is 0 Å². The zero-order valence-electron chi connectivity index (χ0n) is 11.6. The topological polar surface area (TPSA) is 81.4 Å². The quantitative estimate of drug-likeness (QED) is 0.743. The van der Waals surface area contributed by atoms with Gasteiger partial charge in [0.1, 0.15) is 0 Å². The van der Waals surface area contributed by atoms with Gasteiger partial charge in [0, 0.05) is 37.2 Å². The number of ether oxygens (including phenoxy) is 1. The molecule has 1 aromatic rings. The molecule has 6 heteroatoms. The Labute approximate surface area is 112 Å². The van der Waals surface area contributed by atoms with E-state index in [2.05, 4.69) is 4.98 Å². The van der Waals surface area contributed by atoms with Gasteiger partial charge in [0.2, 0.25) is 0 Å². The Hall–Kier alpha value is -1.69. The van der Waals surface area contributed by atoms with Crippen LogP contribution >= 0.6 is 0 Å². The highest BCUT2D eigenvalue weighted by Crippen LogP contribution is 2.11. The number of unbranched alkanes of at least 4 members (excludes halogenated alkanes) is 1. The number of nitrogens with zero attached hydrogens (tertiary/aromatic N) is 2. The first-order valence-corrected chi connectivity index (χ1v) is 6.25. The summed E-state index contributed by atoms with van der Waals surface area (Å²) in [6.07, 6.45) is 1.54. The fraction of sp³-hybridized carbons (Fsp3) is 0.615. The first kappa shape index (κ1) is 15.4. The number of methoxy groups -OCH3 is 1. The summed E-state index contributed by atoms with van der Waals surface area (Å²) in [5.74, 6) is -0.919. The number of carbonyl (C=O) groups is 1. The molecule has 0 aliphatic rings. The Bertz CT molecular complexity index is 508. The van der Waals surface area contributed by atoms with E-state index >= 15 is 0 Å². The lowest BCUT2D eigenvalue weighted by atomic mass is 10.1. The Morgan fingerprint density at radius 2 is 2.05 bits per heavy atom. The molecule has 0 spiro atoms. The molecule has 19 heavy (non-hydrogen) atoms. The molecule has 0 saturated carbocycles. The monoisotopic (exact) mass is 268 g/mol. The van der Waals surface area contributed by atoms with Crippen molar-refractivity contribution >= 4 is 5.97 Å². The third-order valence-electron chi connectivity index (χ3n) is 3.08. The lowest BCUT2D eigenvalue weighted by Gasteiger charge is -2.14. The van der Waals surface area contributed by atoms with E-state index in [9.17, 15) is 9.59 Å². The summed E-state index contributed by atoms with van der Waals surface area (Å²) >= 11 is 0. The van der Waals surface area contributed by atoms with Crippen molar-refractivity contribution in [2.45, 2.75) is 39.7 Å². The molecule has 0 atom stereocenters. The SMILES string of the molecule is COCCCCn1c(C)c(CC(=O)O)c(C)nc1=O. The van der Waals surface area contributed by atoms with Gasteiger partial charge in [-0.1, -0.05) is 0 Å². The number of aliphatic carboxylic acids is 1. The molecule has 0 aliphatic heterocycles. The van der Waals surface area contributed by atoms with Crippen LogP contribution in [-0.2, 0) is 22.5 Å². The molecule has 6 nitrogen and oxygen atoms in total. The van der Waals surface area contributed by atoms with Gasteiger partial charge >= 0.3 is 11.7 Å². The minimum absolute atomic E-state index is 0.108. The number of hydrogen-bond donors (Lipinski definition) is 1. The number of rotatable bonds is 7. The third-order valence-corrected chi connectivity index (χ3v) is 3.08. The van der Waals surface area contributed by atoms with Crippen molar-refractivity contribution in [3.05, 3.63) is 27.4 Å². The summed E-state index contributed by atoms with van der Waals surface area (Å²) in [4.78, 5) is 26.6. The van der Waals surface area contributed by atoms with E-state index in [-0.39, 0.29) is 12.1 Å². The molecular formula is C13H20N2O4. The summed E-state index contributed by atoms with van der Waals surface area (Å²) in [5, 5.41) is 8.89. The normalized spacial score (nSPS) is 10.7. The van der Waals surface area contributed by atoms with Gasteiger partial charge in [0.05, 0.1) is 6.42 Å². The van der Waals surface area contributed by atoms with Gasteiger partial charge in [-0.05, 0) is 26.7 Å². The van der Waals surface area contributed by atoms with Crippen LogP contribution in [0.4, 0.5) is 0 Å². The van der Waals surface area contributed by atoms with E-state index in [1.165, 1.54) is 0 Å². The second-order valence-corrected chi connectivity index (χ2v) is 4.47. The number of carboxylic acids is 1. The maximum Gasteiger partial charge on any atom is 0.347 e. The fourth-order valence-corrected chi connectivity index (χ4v) is 2.03. The highest BCUT2D eigenvalue weighted by atomic mass is 16.5. The second kappa shape index (κ2) is 7.04. The first-order chi connectivity index (χ1) is 8.97. The molecule has 0 amide bonds. The Morgan fingerprint density at radius 1 is 1.37 bits per heavy atom. The molecule has 1 rings (SSSR count). The zero-order valence-corrected chi connectivity index (χ0v) is 11.6. The Morgan fingerprint density at radius 3 is 2.63 bits per heavy atom. The maximum atomic E-state index is 11.8. The largest absolute Gasteiger partial charge is 0.481 e. The van der Waals surface area contributed by atoms with Crippen molar-refractivity contribution < 1.29 is 14.6 Å². The molecule has 0 saturated heterocycles. The van der Waals surface area contributed by atoms with Crippen molar-refractivity contribution in [2.75, 3.05) is 13.7 Å². The lowest BCUT2D eigenvalue weighted by molar-refractivity contribution is -0.136. The van der Waals surface area contributed by atoms with Crippen LogP contribution in [-0.4, -0.2) is 34.3 Å². The van der Waals surface area contributed by atoms with Crippen LogP contribution in [0.1, 0.15) is 29.8 Å². The summed E-state index contributed by atoms with van der Waals surface area (Å²) in [6.45, 7) is 4.62. The molecule has 0 aliphatic carbocycles. The third kappa shape index (κ3) is 4.17. The predicted molar refractivity (Wildman–Crippen MR) is 70.4 cm³/mol. The molecule has 0 fully saturated rings. The number of carboxylic acid groups (broad SMARTS) is 1. The molecule has 1 heterocycles. The van der Waals surface area contributed by atoms with E-state index in [1.54, 1.807) is 25.5 Å².